The number of carbonyl (C=O) groups is 1. The van der Waals surface area contributed by atoms with Gasteiger partial charge in [-0.3, -0.25) is 9.78 Å². The molecule has 1 aromatic carbocycles. The Bertz CT molecular complexity index is 891. The van der Waals surface area contributed by atoms with Crippen LogP contribution < -0.4 is 16.2 Å². The summed E-state index contributed by atoms with van der Waals surface area (Å²) >= 11 is 0. The average molecular weight is 336 g/mol. The molecule has 1 saturated heterocycles. The maximum Gasteiger partial charge on any atom is 0.272 e. The maximum absolute atomic E-state index is 12.2. The molecule has 7 nitrogen and oxygen atoms in total. The number of nitrogens with zero attached hydrogens (tertiary/aromatic N) is 3. The normalized spacial score (nSPS) is 20.0. The van der Waals surface area contributed by atoms with Gasteiger partial charge >= 0.3 is 0 Å². The number of benzene rings is 1. The van der Waals surface area contributed by atoms with Crippen LogP contribution in [0.3, 0.4) is 0 Å². The number of hydrogen-bond acceptors (Lipinski definition) is 5. The van der Waals surface area contributed by atoms with Crippen molar-refractivity contribution in [3.05, 3.63) is 60.3 Å². The molecule has 2 unspecified atom stereocenters. The summed E-state index contributed by atoms with van der Waals surface area (Å²) in [6.07, 6.45) is 5.11. The van der Waals surface area contributed by atoms with E-state index >= 15 is 0 Å². The molecule has 7 heteroatoms. The molecule has 1 aliphatic rings. The number of amides is 1. The van der Waals surface area contributed by atoms with Crippen molar-refractivity contribution in [2.75, 3.05) is 0 Å². The van der Waals surface area contributed by atoms with Crippen molar-refractivity contribution in [3.63, 3.8) is 0 Å². The molecule has 0 radical (unpaired) electrons. The van der Waals surface area contributed by atoms with Crippen molar-refractivity contribution < 1.29 is 4.79 Å². The van der Waals surface area contributed by atoms with Crippen LogP contribution in [0, 0.1) is 0 Å². The predicted octanol–water partition coefficient (Wildman–Crippen LogP) is 1.75. The van der Waals surface area contributed by atoms with Crippen molar-refractivity contribution in [2.24, 2.45) is 0 Å². The van der Waals surface area contributed by atoms with E-state index in [9.17, 15) is 4.79 Å². The summed E-state index contributed by atoms with van der Waals surface area (Å²) in [6, 6.07) is 10.7. The van der Waals surface area contributed by atoms with E-state index in [4.69, 9.17) is 0 Å². The third kappa shape index (κ3) is 2.99. The van der Waals surface area contributed by atoms with Gasteiger partial charge in [-0.1, -0.05) is 18.2 Å². The van der Waals surface area contributed by atoms with E-state index in [0.717, 1.165) is 13.0 Å². The quantitative estimate of drug-likeness (QED) is 0.676. The molecule has 1 fully saturated rings. The maximum atomic E-state index is 12.2. The number of hydrogen-bond donors (Lipinski definition) is 3. The molecule has 3 aromatic rings. The topological polar surface area (TPSA) is 83.9 Å². The first-order valence-corrected chi connectivity index (χ1v) is 8.42. The second-order valence-corrected chi connectivity index (χ2v) is 6.07. The molecule has 25 heavy (non-hydrogen) atoms. The highest BCUT2D eigenvalue weighted by Gasteiger charge is 2.29. The Labute approximate surface area is 145 Å². The number of aryl methyl sites for hydroxylation is 1. The van der Waals surface area contributed by atoms with Crippen LogP contribution in [0.4, 0.5) is 0 Å². The summed E-state index contributed by atoms with van der Waals surface area (Å²) in [5.74, 6) is -0.232. The lowest BCUT2D eigenvalue weighted by atomic mass is 10.1. The largest absolute Gasteiger partial charge is 0.343 e. The van der Waals surface area contributed by atoms with Gasteiger partial charge in [-0.15, -0.1) is 0 Å². The predicted molar refractivity (Wildman–Crippen MR) is 94.5 cm³/mol. The summed E-state index contributed by atoms with van der Waals surface area (Å²) in [4.78, 5) is 20.2. The van der Waals surface area contributed by atoms with Crippen molar-refractivity contribution in [1.29, 1.82) is 0 Å². The van der Waals surface area contributed by atoms with E-state index in [-0.39, 0.29) is 18.1 Å². The fourth-order valence-electron chi connectivity index (χ4n) is 3.37. The zero-order valence-corrected chi connectivity index (χ0v) is 13.9. The van der Waals surface area contributed by atoms with Gasteiger partial charge in [-0.05, 0) is 24.4 Å². The Morgan fingerprint density at radius 1 is 1.32 bits per heavy atom. The molecule has 0 bridgehead atoms. The zero-order chi connectivity index (χ0) is 17.2. The van der Waals surface area contributed by atoms with Gasteiger partial charge in [0.2, 0.25) is 0 Å². The molecule has 2 atom stereocenters. The van der Waals surface area contributed by atoms with Gasteiger partial charge < -0.3 is 9.88 Å². The van der Waals surface area contributed by atoms with Crippen LogP contribution in [0.25, 0.3) is 10.9 Å². The number of hydrazine groups is 1. The van der Waals surface area contributed by atoms with E-state index in [2.05, 4.69) is 68.0 Å². The summed E-state index contributed by atoms with van der Waals surface area (Å²) in [5, 5.41) is 4.17. The first-order valence-electron chi connectivity index (χ1n) is 8.42. The molecule has 1 amide bonds. The van der Waals surface area contributed by atoms with Crippen LogP contribution in [0.2, 0.25) is 0 Å². The number of para-hydroxylation sites is 1. The van der Waals surface area contributed by atoms with Crippen molar-refractivity contribution in [3.8, 4) is 0 Å². The minimum atomic E-state index is -0.232. The van der Waals surface area contributed by atoms with E-state index in [0.29, 0.717) is 5.69 Å². The van der Waals surface area contributed by atoms with Crippen LogP contribution in [0.1, 0.15) is 35.6 Å². The lowest BCUT2D eigenvalue weighted by Gasteiger charge is -2.14. The van der Waals surface area contributed by atoms with Gasteiger partial charge in [-0.2, -0.15) is 0 Å². The van der Waals surface area contributed by atoms with Gasteiger partial charge in [0.05, 0.1) is 18.4 Å². The lowest BCUT2D eigenvalue weighted by Crippen LogP contribution is -2.44. The Balaban J connectivity index is 1.50. The van der Waals surface area contributed by atoms with Crippen molar-refractivity contribution >= 4 is 16.8 Å². The molecule has 4 rings (SSSR count). The SMILES string of the molecule is CCn1c(C2CC(NC(=O)c3cnccn3)NN2)cc2ccccc21. The highest BCUT2D eigenvalue weighted by molar-refractivity contribution is 5.92. The van der Waals surface area contributed by atoms with Gasteiger partial charge in [0.25, 0.3) is 5.91 Å². The highest BCUT2D eigenvalue weighted by Crippen LogP contribution is 2.28. The van der Waals surface area contributed by atoms with Crippen LogP contribution >= 0.6 is 0 Å². The molecule has 0 spiro atoms. The molecule has 2 aromatic heterocycles. The molecular weight excluding hydrogens is 316 g/mol. The lowest BCUT2D eigenvalue weighted by molar-refractivity contribution is 0.0927. The average Bonchev–Trinajstić information content (AvgIpc) is 3.26. The Morgan fingerprint density at radius 3 is 3.00 bits per heavy atom. The highest BCUT2D eigenvalue weighted by atomic mass is 16.2. The van der Waals surface area contributed by atoms with Crippen molar-refractivity contribution in [2.45, 2.75) is 32.1 Å². The summed E-state index contributed by atoms with van der Waals surface area (Å²) in [6.45, 7) is 3.04. The fraction of sp³-hybridized carbons (Fsp3) is 0.278. The summed E-state index contributed by atoms with van der Waals surface area (Å²) < 4.78 is 2.31. The smallest absolute Gasteiger partial charge is 0.272 e. The fourth-order valence-corrected chi connectivity index (χ4v) is 3.37. The minimum absolute atomic E-state index is 0.125. The van der Waals surface area contributed by atoms with E-state index in [1.54, 1.807) is 6.20 Å². The van der Waals surface area contributed by atoms with Crippen molar-refractivity contribution in [1.82, 2.24) is 30.7 Å². The molecule has 3 heterocycles. The molecule has 0 aliphatic carbocycles. The zero-order valence-electron chi connectivity index (χ0n) is 13.9. The van der Waals surface area contributed by atoms with Crippen LogP contribution in [0.5, 0.6) is 0 Å². The molecule has 128 valence electrons. The van der Waals surface area contributed by atoms with Gasteiger partial charge in [0, 0.05) is 36.6 Å². The number of fused-ring (bicyclic) bond motifs is 1. The molecule has 3 N–H and O–H groups in total. The second-order valence-electron chi connectivity index (χ2n) is 6.07. The van der Waals surface area contributed by atoms with Gasteiger partial charge in [-0.25, -0.2) is 15.8 Å². The number of carbonyl (C=O) groups excluding carboxylic acids is 1. The monoisotopic (exact) mass is 336 g/mol. The minimum Gasteiger partial charge on any atom is -0.343 e. The molecular formula is C18H20N6O. The molecule has 1 aliphatic heterocycles. The standard InChI is InChI=1S/C18H20N6O/c1-2-24-15-6-4-3-5-12(15)9-16(24)13-10-17(23-22-13)21-18(25)14-11-19-7-8-20-14/h3-9,11,13,17,22-23H,2,10H2,1H3,(H,21,25). The van der Waals surface area contributed by atoms with Crippen LogP contribution in [0.15, 0.2) is 48.9 Å². The first kappa shape index (κ1) is 15.7. The van der Waals surface area contributed by atoms with Gasteiger partial charge in [0.15, 0.2) is 0 Å². The van der Waals surface area contributed by atoms with Crippen LogP contribution in [-0.4, -0.2) is 26.6 Å². The van der Waals surface area contributed by atoms with Gasteiger partial charge in [0.1, 0.15) is 5.69 Å². The third-order valence-electron chi connectivity index (χ3n) is 4.52. The first-order chi connectivity index (χ1) is 12.3. The number of rotatable bonds is 4. The number of aromatic nitrogens is 3. The molecule has 0 saturated carbocycles. The summed E-state index contributed by atoms with van der Waals surface area (Å²) in [7, 11) is 0. The Kier molecular flexibility index (Phi) is 4.17. The Morgan fingerprint density at radius 2 is 2.20 bits per heavy atom. The Hall–Kier alpha value is -2.77. The van der Waals surface area contributed by atoms with E-state index < -0.39 is 0 Å². The van der Waals surface area contributed by atoms with Crippen LogP contribution in [-0.2, 0) is 6.54 Å². The summed E-state index contributed by atoms with van der Waals surface area (Å²) in [5.41, 5.74) is 9.21. The van der Waals surface area contributed by atoms with E-state index in [1.165, 1.54) is 29.0 Å². The number of nitrogens with one attached hydrogen (secondary N) is 3. The second kappa shape index (κ2) is 6.62. The third-order valence-corrected chi connectivity index (χ3v) is 4.52. The van der Waals surface area contributed by atoms with E-state index in [1.807, 2.05) is 0 Å².